The van der Waals surface area contributed by atoms with E-state index in [1.807, 2.05) is 18.7 Å². The Hall–Kier alpha value is -3.10. The number of amides is 2. The van der Waals surface area contributed by atoms with E-state index in [2.05, 4.69) is 17.3 Å². The first kappa shape index (κ1) is 22.1. The summed E-state index contributed by atoms with van der Waals surface area (Å²) in [5.41, 5.74) is 0.0333. The maximum Gasteiger partial charge on any atom is 0.270 e. The first-order valence-electron chi connectivity index (χ1n) is 11.4. The van der Waals surface area contributed by atoms with Gasteiger partial charge in [0.15, 0.2) is 5.56 Å². The van der Waals surface area contributed by atoms with Crippen molar-refractivity contribution in [3.05, 3.63) is 33.8 Å². The number of hydrogen-bond acceptors (Lipinski definition) is 5. The molecule has 1 aliphatic heterocycles. The number of likely N-dealkylation sites (tertiary alicyclic amines) is 1. The standard InChI is InChI=1S/C23H31N5O4/c1-4-17-6-5-11-26(17)18(29)10-7-15-12-24-28-21(15)27(13-14(2)3)22(31)19(23(28)32)20(30)25-16-8-9-16/h7,10,12,14,16-17,32H,4-6,8-9,11,13H2,1-3H3,(H,25,30)/b10-7+/t17-/m1/s1. The van der Waals surface area contributed by atoms with Crippen LogP contribution in [-0.2, 0) is 11.3 Å². The van der Waals surface area contributed by atoms with E-state index in [-0.39, 0.29) is 29.5 Å². The van der Waals surface area contributed by atoms with Crippen LogP contribution in [0, 0.1) is 5.92 Å². The molecule has 2 aliphatic rings. The molecule has 32 heavy (non-hydrogen) atoms. The molecule has 0 aromatic carbocycles. The fourth-order valence-electron chi connectivity index (χ4n) is 4.36. The molecule has 4 rings (SSSR count). The van der Waals surface area contributed by atoms with Crippen LogP contribution in [0.15, 0.2) is 17.1 Å². The number of aromatic nitrogens is 3. The second kappa shape index (κ2) is 8.80. The van der Waals surface area contributed by atoms with Crippen molar-refractivity contribution in [1.82, 2.24) is 24.4 Å². The zero-order valence-electron chi connectivity index (χ0n) is 18.9. The number of nitrogens with zero attached hydrogens (tertiary/aromatic N) is 4. The van der Waals surface area contributed by atoms with Crippen LogP contribution < -0.4 is 10.9 Å². The van der Waals surface area contributed by atoms with Crippen molar-refractivity contribution in [1.29, 1.82) is 0 Å². The molecule has 2 fully saturated rings. The van der Waals surface area contributed by atoms with Gasteiger partial charge >= 0.3 is 0 Å². The molecule has 0 unspecified atom stereocenters. The summed E-state index contributed by atoms with van der Waals surface area (Å²) >= 11 is 0. The molecule has 2 N–H and O–H groups in total. The fraction of sp³-hybridized carbons (Fsp3) is 0.565. The third-order valence-corrected chi connectivity index (χ3v) is 6.13. The molecule has 1 atom stereocenters. The van der Waals surface area contributed by atoms with E-state index in [4.69, 9.17) is 0 Å². The topological polar surface area (TPSA) is 109 Å². The average Bonchev–Trinajstić information content (AvgIpc) is 3.26. The van der Waals surface area contributed by atoms with Gasteiger partial charge in [-0.1, -0.05) is 20.8 Å². The highest BCUT2D eigenvalue weighted by atomic mass is 16.3. The Bertz CT molecular complexity index is 1130. The fourth-order valence-corrected chi connectivity index (χ4v) is 4.36. The van der Waals surface area contributed by atoms with Gasteiger partial charge in [0.05, 0.1) is 6.20 Å². The lowest BCUT2D eigenvalue weighted by Gasteiger charge is -2.21. The van der Waals surface area contributed by atoms with E-state index in [9.17, 15) is 19.5 Å². The zero-order valence-corrected chi connectivity index (χ0v) is 18.9. The first-order valence-corrected chi connectivity index (χ1v) is 11.4. The van der Waals surface area contributed by atoms with Gasteiger partial charge in [0, 0.05) is 36.8 Å². The second-order valence-electron chi connectivity index (χ2n) is 9.16. The van der Waals surface area contributed by atoms with Crippen LogP contribution >= 0.6 is 0 Å². The van der Waals surface area contributed by atoms with Gasteiger partial charge in [-0.2, -0.15) is 9.61 Å². The zero-order chi connectivity index (χ0) is 23.0. The van der Waals surface area contributed by atoms with Crippen LogP contribution in [0.25, 0.3) is 11.7 Å². The van der Waals surface area contributed by atoms with E-state index < -0.39 is 17.3 Å². The predicted octanol–water partition coefficient (Wildman–Crippen LogP) is 2.16. The Kier molecular flexibility index (Phi) is 6.08. The smallest absolute Gasteiger partial charge is 0.270 e. The second-order valence-corrected chi connectivity index (χ2v) is 9.16. The predicted molar refractivity (Wildman–Crippen MR) is 121 cm³/mol. The van der Waals surface area contributed by atoms with Gasteiger partial charge < -0.3 is 15.3 Å². The van der Waals surface area contributed by atoms with Crippen molar-refractivity contribution >= 4 is 23.5 Å². The van der Waals surface area contributed by atoms with Crippen molar-refractivity contribution in [2.24, 2.45) is 5.92 Å². The highest BCUT2D eigenvalue weighted by Gasteiger charge is 2.30. The molecule has 2 aromatic heterocycles. The number of aromatic hydroxyl groups is 1. The molecule has 0 spiro atoms. The summed E-state index contributed by atoms with van der Waals surface area (Å²) in [6, 6.07) is 0.307. The molecule has 2 amide bonds. The number of rotatable bonds is 7. The lowest BCUT2D eigenvalue weighted by molar-refractivity contribution is -0.126. The summed E-state index contributed by atoms with van der Waals surface area (Å²) in [5, 5.41) is 17.7. The monoisotopic (exact) mass is 441 g/mol. The summed E-state index contributed by atoms with van der Waals surface area (Å²) in [4.78, 5) is 40.5. The molecule has 0 radical (unpaired) electrons. The van der Waals surface area contributed by atoms with Crippen molar-refractivity contribution in [3.63, 3.8) is 0 Å². The summed E-state index contributed by atoms with van der Waals surface area (Å²) in [5.74, 6) is -1.03. The number of carbonyl (C=O) groups is 2. The Balaban J connectivity index is 1.75. The van der Waals surface area contributed by atoms with E-state index >= 15 is 0 Å². The third kappa shape index (κ3) is 4.16. The normalized spacial score (nSPS) is 18.9. The molecule has 3 heterocycles. The van der Waals surface area contributed by atoms with Crippen molar-refractivity contribution in [2.75, 3.05) is 6.54 Å². The molecule has 9 nitrogen and oxygen atoms in total. The number of carbonyl (C=O) groups excluding carboxylic acids is 2. The Morgan fingerprint density at radius 3 is 2.72 bits per heavy atom. The van der Waals surface area contributed by atoms with Crippen molar-refractivity contribution in [2.45, 2.75) is 71.5 Å². The first-order chi connectivity index (χ1) is 15.3. The molecule has 1 aliphatic carbocycles. The maximum absolute atomic E-state index is 13.3. The van der Waals surface area contributed by atoms with Crippen molar-refractivity contribution < 1.29 is 14.7 Å². The minimum atomic E-state index is -0.586. The van der Waals surface area contributed by atoms with Gasteiger partial charge in [-0.25, -0.2) is 0 Å². The summed E-state index contributed by atoms with van der Waals surface area (Å²) in [6.45, 7) is 7.10. The van der Waals surface area contributed by atoms with E-state index in [0.29, 0.717) is 17.8 Å². The van der Waals surface area contributed by atoms with Crippen LogP contribution in [0.1, 0.15) is 68.8 Å². The highest BCUT2D eigenvalue weighted by Crippen LogP contribution is 2.24. The van der Waals surface area contributed by atoms with Crippen LogP contribution in [0.2, 0.25) is 0 Å². The molecule has 9 heteroatoms. The van der Waals surface area contributed by atoms with Gasteiger partial charge in [0.25, 0.3) is 11.5 Å². The van der Waals surface area contributed by atoms with Gasteiger partial charge in [0.1, 0.15) is 5.65 Å². The van der Waals surface area contributed by atoms with E-state index in [0.717, 1.165) is 38.6 Å². The summed E-state index contributed by atoms with van der Waals surface area (Å²) in [7, 11) is 0. The quantitative estimate of drug-likeness (QED) is 0.640. The average molecular weight is 442 g/mol. The largest absolute Gasteiger partial charge is 0.492 e. The van der Waals surface area contributed by atoms with Crippen LogP contribution in [0.4, 0.5) is 0 Å². The Morgan fingerprint density at radius 1 is 1.31 bits per heavy atom. The number of fused-ring (bicyclic) bond motifs is 1. The maximum atomic E-state index is 13.3. The van der Waals surface area contributed by atoms with E-state index in [1.165, 1.54) is 21.4 Å². The molecule has 2 aromatic rings. The van der Waals surface area contributed by atoms with Crippen LogP contribution in [0.3, 0.4) is 0 Å². The van der Waals surface area contributed by atoms with Gasteiger partial charge in [0.2, 0.25) is 11.8 Å². The number of nitrogens with one attached hydrogen (secondary N) is 1. The SMILES string of the molecule is CC[C@@H]1CCCN1C(=O)/C=C/c1cnn2c(O)c(C(=O)NC3CC3)c(=O)n(CC(C)C)c12. The lowest BCUT2D eigenvalue weighted by atomic mass is 10.1. The summed E-state index contributed by atoms with van der Waals surface area (Å²) < 4.78 is 2.68. The molecular weight excluding hydrogens is 410 g/mol. The third-order valence-electron chi connectivity index (χ3n) is 6.13. The Morgan fingerprint density at radius 2 is 2.06 bits per heavy atom. The molecule has 172 valence electrons. The van der Waals surface area contributed by atoms with E-state index in [1.54, 1.807) is 6.08 Å². The van der Waals surface area contributed by atoms with Gasteiger partial charge in [-0.15, -0.1) is 0 Å². The minimum Gasteiger partial charge on any atom is -0.492 e. The molecule has 1 saturated heterocycles. The molecular formula is C23H31N5O4. The minimum absolute atomic E-state index is 0.0511. The molecule has 0 bridgehead atoms. The van der Waals surface area contributed by atoms with Gasteiger partial charge in [-0.3, -0.25) is 19.0 Å². The number of hydrogen-bond donors (Lipinski definition) is 2. The lowest BCUT2D eigenvalue weighted by Crippen LogP contribution is -2.36. The van der Waals surface area contributed by atoms with Crippen molar-refractivity contribution in [3.8, 4) is 5.88 Å². The molecule has 1 saturated carbocycles. The van der Waals surface area contributed by atoms with Gasteiger partial charge in [-0.05, 0) is 44.1 Å². The van der Waals surface area contributed by atoms with Crippen LogP contribution in [-0.4, -0.2) is 54.6 Å². The summed E-state index contributed by atoms with van der Waals surface area (Å²) in [6.07, 6.45) is 9.31. The highest BCUT2D eigenvalue weighted by molar-refractivity contribution is 5.97. The Labute approximate surface area is 186 Å². The van der Waals surface area contributed by atoms with Crippen LogP contribution in [0.5, 0.6) is 5.88 Å².